The molecule has 1 aliphatic heterocycles. The molecule has 1 heterocycles. The van der Waals surface area contributed by atoms with Gasteiger partial charge in [-0.25, -0.2) is 4.39 Å². The first-order valence-electron chi connectivity index (χ1n) is 6.13. The van der Waals surface area contributed by atoms with Crippen LogP contribution >= 0.6 is 0 Å². The largest absolute Gasteiger partial charge is 0.489 e. The fourth-order valence-electron chi connectivity index (χ4n) is 1.97. The Labute approximate surface area is 102 Å². The van der Waals surface area contributed by atoms with Crippen molar-refractivity contribution in [3.63, 3.8) is 0 Å². The number of rotatable bonds is 6. The second-order valence-electron chi connectivity index (χ2n) is 4.22. The van der Waals surface area contributed by atoms with E-state index in [0.29, 0.717) is 18.4 Å². The Morgan fingerprint density at radius 3 is 2.76 bits per heavy atom. The molecule has 0 amide bonds. The molecule has 0 saturated carbocycles. The smallest absolute Gasteiger partial charge is 0.165 e. The molecule has 1 saturated heterocycles. The Hall–Kier alpha value is -1.13. The number of likely N-dealkylation sites (N-methyl/N-ethyl adjacent to an activating group) is 1. The fraction of sp³-hybridized carbons (Fsp3) is 0.538. The summed E-state index contributed by atoms with van der Waals surface area (Å²) in [6.07, 6.45) is 0. The maximum atomic E-state index is 13.3. The Bertz CT molecular complexity index is 355. The molecule has 1 fully saturated rings. The van der Waals surface area contributed by atoms with Crippen molar-refractivity contribution in [1.29, 1.82) is 0 Å². The van der Waals surface area contributed by atoms with E-state index in [1.807, 2.05) is 0 Å². The number of benzene rings is 1. The molecule has 0 spiro atoms. The molecule has 1 aromatic carbocycles. The fourth-order valence-corrected chi connectivity index (χ4v) is 1.97. The van der Waals surface area contributed by atoms with Crippen molar-refractivity contribution in [3.05, 3.63) is 30.1 Å². The van der Waals surface area contributed by atoms with Gasteiger partial charge in [0.15, 0.2) is 11.6 Å². The average molecular weight is 238 g/mol. The van der Waals surface area contributed by atoms with Crippen molar-refractivity contribution in [2.75, 3.05) is 32.8 Å². The van der Waals surface area contributed by atoms with Crippen LogP contribution in [0, 0.1) is 5.82 Å². The first-order chi connectivity index (χ1) is 8.31. The normalized spacial score (nSPS) is 15.9. The van der Waals surface area contributed by atoms with Crippen molar-refractivity contribution >= 4 is 0 Å². The van der Waals surface area contributed by atoms with Gasteiger partial charge < -0.3 is 10.1 Å². The van der Waals surface area contributed by atoms with Gasteiger partial charge in [-0.15, -0.1) is 0 Å². The van der Waals surface area contributed by atoms with E-state index >= 15 is 0 Å². The molecule has 94 valence electrons. The van der Waals surface area contributed by atoms with Gasteiger partial charge >= 0.3 is 0 Å². The second-order valence-corrected chi connectivity index (χ2v) is 4.22. The Balaban J connectivity index is 1.76. The van der Waals surface area contributed by atoms with Gasteiger partial charge in [-0.3, -0.25) is 4.90 Å². The van der Waals surface area contributed by atoms with Gasteiger partial charge in [-0.2, -0.15) is 0 Å². The average Bonchev–Trinajstić information content (AvgIpc) is 2.27. The molecule has 0 aromatic heterocycles. The topological polar surface area (TPSA) is 24.5 Å². The van der Waals surface area contributed by atoms with Crippen molar-refractivity contribution in [2.24, 2.45) is 0 Å². The lowest BCUT2D eigenvalue weighted by Crippen LogP contribution is -2.57. The van der Waals surface area contributed by atoms with Gasteiger partial charge in [0.05, 0.1) is 0 Å². The molecule has 0 radical (unpaired) electrons. The van der Waals surface area contributed by atoms with Gasteiger partial charge in [0.1, 0.15) is 6.61 Å². The highest BCUT2D eigenvalue weighted by Crippen LogP contribution is 2.15. The number of ether oxygens (including phenoxy) is 1. The van der Waals surface area contributed by atoms with Crippen LogP contribution in [0.1, 0.15) is 6.92 Å². The minimum absolute atomic E-state index is 0.291. The summed E-state index contributed by atoms with van der Waals surface area (Å²) in [5.41, 5.74) is 0. The summed E-state index contributed by atoms with van der Waals surface area (Å²) in [6.45, 7) is 6.62. The molecule has 1 aromatic rings. The van der Waals surface area contributed by atoms with Crippen LogP contribution in [0.5, 0.6) is 5.75 Å². The third-order valence-corrected chi connectivity index (χ3v) is 3.16. The van der Waals surface area contributed by atoms with Crippen LogP contribution in [0.15, 0.2) is 24.3 Å². The molecule has 1 aliphatic rings. The van der Waals surface area contributed by atoms with Gasteiger partial charge in [-0.1, -0.05) is 19.1 Å². The van der Waals surface area contributed by atoms with E-state index < -0.39 is 0 Å². The first kappa shape index (κ1) is 12.3. The molecule has 0 aliphatic carbocycles. The summed E-state index contributed by atoms with van der Waals surface area (Å²) in [6, 6.07) is 7.15. The van der Waals surface area contributed by atoms with Crippen LogP contribution in [0.4, 0.5) is 4.39 Å². The van der Waals surface area contributed by atoms with Crippen LogP contribution in [-0.2, 0) is 0 Å². The summed E-state index contributed by atoms with van der Waals surface area (Å²) in [7, 11) is 0. The molecule has 17 heavy (non-hydrogen) atoms. The Morgan fingerprint density at radius 2 is 2.18 bits per heavy atom. The molecule has 1 N–H and O–H groups in total. The summed E-state index contributed by atoms with van der Waals surface area (Å²) in [5.74, 6) is 0.0520. The van der Waals surface area contributed by atoms with Crippen molar-refractivity contribution < 1.29 is 9.13 Å². The molecule has 2 rings (SSSR count). The number of para-hydroxylation sites is 1. The number of hydrogen-bond donors (Lipinski definition) is 1. The van der Waals surface area contributed by atoms with E-state index in [0.717, 1.165) is 26.2 Å². The molecular formula is C13H19FN2O. The van der Waals surface area contributed by atoms with E-state index in [4.69, 9.17) is 4.74 Å². The highest BCUT2D eigenvalue weighted by Gasteiger charge is 2.22. The van der Waals surface area contributed by atoms with Gasteiger partial charge in [0.25, 0.3) is 0 Å². The van der Waals surface area contributed by atoms with Crippen LogP contribution in [0.2, 0.25) is 0 Å². The monoisotopic (exact) mass is 238 g/mol. The Morgan fingerprint density at radius 1 is 1.41 bits per heavy atom. The Kier molecular flexibility index (Phi) is 4.34. The van der Waals surface area contributed by atoms with E-state index in [1.165, 1.54) is 6.07 Å². The van der Waals surface area contributed by atoms with E-state index in [1.54, 1.807) is 18.2 Å². The summed E-state index contributed by atoms with van der Waals surface area (Å²) < 4.78 is 18.7. The van der Waals surface area contributed by atoms with E-state index in [-0.39, 0.29) is 5.82 Å². The lowest BCUT2D eigenvalue weighted by molar-refractivity contribution is 0.127. The maximum absolute atomic E-state index is 13.3. The van der Waals surface area contributed by atoms with E-state index in [2.05, 4.69) is 17.1 Å². The zero-order valence-electron chi connectivity index (χ0n) is 10.2. The highest BCUT2D eigenvalue weighted by atomic mass is 19.1. The zero-order chi connectivity index (χ0) is 12.1. The molecule has 4 heteroatoms. The highest BCUT2D eigenvalue weighted by molar-refractivity contribution is 5.23. The summed E-state index contributed by atoms with van der Waals surface area (Å²) >= 11 is 0. The molecule has 3 nitrogen and oxygen atoms in total. The number of nitrogens with zero attached hydrogens (tertiary/aromatic N) is 1. The predicted octanol–water partition coefficient (Wildman–Crippen LogP) is 1.50. The molecule has 0 bridgehead atoms. The minimum Gasteiger partial charge on any atom is -0.489 e. The van der Waals surface area contributed by atoms with Crippen LogP contribution in [-0.4, -0.2) is 43.7 Å². The number of halogens is 1. The second kappa shape index (κ2) is 5.98. The lowest BCUT2D eigenvalue weighted by Gasteiger charge is -2.37. The SMILES string of the molecule is CCN(CCOc1ccccc1F)C1CNC1. The van der Waals surface area contributed by atoms with E-state index in [9.17, 15) is 4.39 Å². The summed E-state index contributed by atoms with van der Waals surface area (Å²) in [4.78, 5) is 2.36. The standard InChI is InChI=1S/C13H19FN2O/c1-2-16(11-9-15-10-11)7-8-17-13-6-4-3-5-12(13)14/h3-6,11,15H,2,7-10H2,1H3. The van der Waals surface area contributed by atoms with Gasteiger partial charge in [-0.05, 0) is 18.7 Å². The minimum atomic E-state index is -0.291. The third-order valence-electron chi connectivity index (χ3n) is 3.16. The quantitative estimate of drug-likeness (QED) is 0.813. The van der Waals surface area contributed by atoms with Crippen LogP contribution in [0.25, 0.3) is 0 Å². The summed E-state index contributed by atoms with van der Waals surface area (Å²) in [5, 5.41) is 3.25. The predicted molar refractivity (Wildman–Crippen MR) is 65.8 cm³/mol. The third kappa shape index (κ3) is 3.17. The molecule has 0 atom stereocenters. The van der Waals surface area contributed by atoms with Crippen molar-refractivity contribution in [2.45, 2.75) is 13.0 Å². The first-order valence-corrected chi connectivity index (χ1v) is 6.13. The van der Waals surface area contributed by atoms with Crippen LogP contribution < -0.4 is 10.1 Å². The number of nitrogens with one attached hydrogen (secondary N) is 1. The van der Waals surface area contributed by atoms with Gasteiger partial charge in [0, 0.05) is 25.7 Å². The van der Waals surface area contributed by atoms with Crippen molar-refractivity contribution in [3.8, 4) is 5.75 Å². The van der Waals surface area contributed by atoms with Gasteiger partial charge in [0.2, 0.25) is 0 Å². The lowest BCUT2D eigenvalue weighted by atomic mass is 10.1. The maximum Gasteiger partial charge on any atom is 0.165 e. The van der Waals surface area contributed by atoms with Crippen LogP contribution in [0.3, 0.4) is 0 Å². The number of hydrogen-bond acceptors (Lipinski definition) is 3. The molecule has 0 unspecified atom stereocenters. The molecular weight excluding hydrogens is 219 g/mol. The zero-order valence-corrected chi connectivity index (χ0v) is 10.2. The van der Waals surface area contributed by atoms with Crippen molar-refractivity contribution in [1.82, 2.24) is 10.2 Å².